The molecule has 88 valence electrons. The normalized spacial score (nSPS) is 10.4. The Labute approximate surface area is 111 Å². The summed E-state index contributed by atoms with van der Waals surface area (Å²) in [5.74, 6) is 0.212. The van der Waals surface area contributed by atoms with Crippen LogP contribution in [-0.2, 0) is 0 Å². The molecule has 2 aromatic rings. The van der Waals surface area contributed by atoms with Crippen LogP contribution >= 0.6 is 27.5 Å². The van der Waals surface area contributed by atoms with Crippen LogP contribution in [0.5, 0.6) is 0 Å². The molecule has 1 aromatic carbocycles. The van der Waals surface area contributed by atoms with Crippen LogP contribution < -0.4 is 5.32 Å². The first-order chi connectivity index (χ1) is 8.06. The highest BCUT2D eigenvalue weighted by Gasteiger charge is 2.06. The third-order valence-corrected chi connectivity index (χ3v) is 2.92. The number of hydrogen-bond donors (Lipinski definition) is 1. The minimum atomic E-state index is -0.301. The quantitative estimate of drug-likeness (QED) is 0.907. The largest absolute Gasteiger partial charge is 0.339 e. The molecule has 1 aromatic heterocycles. The Balaban J connectivity index is 2.33. The number of aromatic nitrogens is 2. The van der Waals surface area contributed by atoms with Crippen molar-refractivity contribution in [3.05, 3.63) is 45.5 Å². The summed E-state index contributed by atoms with van der Waals surface area (Å²) in [5.41, 5.74) is 1.52. The minimum Gasteiger partial charge on any atom is -0.339 e. The topological polar surface area (TPSA) is 37.8 Å². The van der Waals surface area contributed by atoms with Crippen molar-refractivity contribution in [2.45, 2.75) is 6.92 Å². The van der Waals surface area contributed by atoms with Gasteiger partial charge >= 0.3 is 0 Å². The van der Waals surface area contributed by atoms with Crippen LogP contribution in [0, 0.1) is 12.7 Å². The van der Waals surface area contributed by atoms with Crippen LogP contribution in [0.25, 0.3) is 0 Å². The molecule has 17 heavy (non-hydrogen) atoms. The molecule has 1 heterocycles. The standard InChI is InChI=1S/C11H8BrClFN3/c1-6-2-8(14)7(12)3-9(6)16-11-5-15-4-10(13)17-11/h2-5H,1H3,(H,16,17). The number of hydrogen-bond acceptors (Lipinski definition) is 3. The summed E-state index contributed by atoms with van der Waals surface area (Å²) in [6.07, 6.45) is 2.99. The number of aryl methyl sites for hydroxylation is 1. The van der Waals surface area contributed by atoms with E-state index in [9.17, 15) is 4.39 Å². The van der Waals surface area contributed by atoms with Gasteiger partial charge in [-0.15, -0.1) is 0 Å². The molecule has 0 fully saturated rings. The molecular formula is C11H8BrClFN3. The van der Waals surface area contributed by atoms with E-state index in [0.717, 1.165) is 11.3 Å². The molecular weight excluding hydrogens is 308 g/mol. The van der Waals surface area contributed by atoms with Crippen LogP contribution in [-0.4, -0.2) is 9.97 Å². The SMILES string of the molecule is Cc1cc(F)c(Br)cc1Nc1cncc(Cl)n1. The summed E-state index contributed by atoms with van der Waals surface area (Å²) in [6.45, 7) is 1.80. The zero-order chi connectivity index (χ0) is 12.4. The van der Waals surface area contributed by atoms with Crippen molar-refractivity contribution in [2.24, 2.45) is 0 Å². The first kappa shape index (κ1) is 12.3. The molecule has 0 saturated heterocycles. The van der Waals surface area contributed by atoms with Crippen LogP contribution in [0.4, 0.5) is 15.9 Å². The molecule has 0 amide bonds. The lowest BCUT2D eigenvalue weighted by Gasteiger charge is -2.09. The van der Waals surface area contributed by atoms with Crippen molar-refractivity contribution >= 4 is 39.0 Å². The van der Waals surface area contributed by atoms with E-state index in [0.29, 0.717) is 15.4 Å². The lowest BCUT2D eigenvalue weighted by atomic mass is 10.2. The number of anilines is 2. The lowest BCUT2D eigenvalue weighted by molar-refractivity contribution is 0.620. The van der Waals surface area contributed by atoms with Crippen LogP contribution in [0.15, 0.2) is 29.0 Å². The maximum absolute atomic E-state index is 13.2. The van der Waals surface area contributed by atoms with Crippen molar-refractivity contribution in [1.29, 1.82) is 0 Å². The second kappa shape index (κ2) is 4.98. The van der Waals surface area contributed by atoms with Crippen molar-refractivity contribution in [2.75, 3.05) is 5.32 Å². The third-order valence-electron chi connectivity index (χ3n) is 2.14. The van der Waals surface area contributed by atoms with Gasteiger partial charge in [-0.1, -0.05) is 11.6 Å². The molecule has 0 saturated carbocycles. The number of rotatable bonds is 2. The Morgan fingerprint density at radius 3 is 2.82 bits per heavy atom. The molecule has 0 aliphatic rings. The first-order valence-electron chi connectivity index (χ1n) is 4.76. The molecule has 0 spiro atoms. The van der Waals surface area contributed by atoms with E-state index in [2.05, 4.69) is 31.2 Å². The predicted molar refractivity (Wildman–Crippen MR) is 69.2 cm³/mol. The molecule has 3 nitrogen and oxygen atoms in total. The average Bonchev–Trinajstić information content (AvgIpc) is 2.26. The van der Waals surface area contributed by atoms with E-state index in [1.165, 1.54) is 12.3 Å². The predicted octanol–water partition coefficient (Wildman–Crippen LogP) is 4.08. The summed E-state index contributed by atoms with van der Waals surface area (Å²) < 4.78 is 13.6. The molecule has 0 aliphatic heterocycles. The van der Waals surface area contributed by atoms with Gasteiger partial charge in [0.05, 0.1) is 16.9 Å². The number of nitrogens with zero attached hydrogens (tertiary/aromatic N) is 2. The van der Waals surface area contributed by atoms with E-state index in [4.69, 9.17) is 11.6 Å². The smallest absolute Gasteiger partial charge is 0.150 e. The average molecular weight is 317 g/mol. The first-order valence-corrected chi connectivity index (χ1v) is 5.93. The van der Waals surface area contributed by atoms with Gasteiger partial charge in [-0.2, -0.15) is 0 Å². The van der Waals surface area contributed by atoms with Gasteiger partial charge in [-0.3, -0.25) is 4.98 Å². The van der Waals surface area contributed by atoms with Gasteiger partial charge < -0.3 is 5.32 Å². The number of benzene rings is 1. The molecule has 0 atom stereocenters. The van der Waals surface area contributed by atoms with Crippen molar-refractivity contribution in [3.63, 3.8) is 0 Å². The van der Waals surface area contributed by atoms with Crippen molar-refractivity contribution < 1.29 is 4.39 Å². The van der Waals surface area contributed by atoms with Crippen LogP contribution in [0.3, 0.4) is 0 Å². The van der Waals surface area contributed by atoms with E-state index < -0.39 is 0 Å². The molecule has 1 N–H and O–H groups in total. The molecule has 0 unspecified atom stereocenters. The van der Waals surface area contributed by atoms with Gasteiger partial charge in [0.25, 0.3) is 0 Å². The van der Waals surface area contributed by atoms with E-state index in [1.807, 2.05) is 0 Å². The van der Waals surface area contributed by atoms with Gasteiger partial charge in [0.2, 0.25) is 0 Å². The van der Waals surface area contributed by atoms with E-state index in [-0.39, 0.29) is 5.82 Å². The Bertz CT molecular complexity index is 562. The Hall–Kier alpha value is -1.20. The summed E-state index contributed by atoms with van der Waals surface area (Å²) in [7, 11) is 0. The van der Waals surface area contributed by atoms with E-state index >= 15 is 0 Å². The van der Waals surface area contributed by atoms with E-state index in [1.54, 1.807) is 19.2 Å². The number of nitrogens with one attached hydrogen (secondary N) is 1. The zero-order valence-electron chi connectivity index (χ0n) is 8.84. The molecule has 2 rings (SSSR count). The van der Waals surface area contributed by atoms with Gasteiger partial charge in [-0.05, 0) is 40.5 Å². The molecule has 0 aliphatic carbocycles. The van der Waals surface area contributed by atoms with Gasteiger partial charge in [0.1, 0.15) is 11.0 Å². The van der Waals surface area contributed by atoms with Crippen LogP contribution in [0.2, 0.25) is 5.15 Å². The summed E-state index contributed by atoms with van der Waals surface area (Å²) >= 11 is 8.86. The highest BCUT2D eigenvalue weighted by Crippen LogP contribution is 2.26. The van der Waals surface area contributed by atoms with Crippen molar-refractivity contribution in [3.8, 4) is 0 Å². The fourth-order valence-electron chi connectivity index (χ4n) is 1.32. The van der Waals surface area contributed by atoms with Gasteiger partial charge in [0.15, 0.2) is 5.82 Å². The fraction of sp³-hybridized carbons (Fsp3) is 0.0909. The molecule has 6 heteroatoms. The third kappa shape index (κ3) is 2.92. The highest BCUT2D eigenvalue weighted by molar-refractivity contribution is 9.10. The number of halogens is 3. The second-order valence-electron chi connectivity index (χ2n) is 3.43. The minimum absolute atomic E-state index is 0.300. The molecule has 0 bridgehead atoms. The lowest BCUT2D eigenvalue weighted by Crippen LogP contribution is -1.97. The van der Waals surface area contributed by atoms with Crippen LogP contribution in [0.1, 0.15) is 5.56 Å². The van der Waals surface area contributed by atoms with Crippen molar-refractivity contribution in [1.82, 2.24) is 9.97 Å². The summed E-state index contributed by atoms with van der Waals surface area (Å²) in [4.78, 5) is 7.95. The second-order valence-corrected chi connectivity index (χ2v) is 4.67. The highest BCUT2D eigenvalue weighted by atomic mass is 79.9. The monoisotopic (exact) mass is 315 g/mol. The van der Waals surface area contributed by atoms with Gasteiger partial charge in [-0.25, -0.2) is 9.37 Å². The maximum atomic E-state index is 13.2. The summed E-state index contributed by atoms with van der Waals surface area (Å²) in [5, 5.41) is 3.33. The summed E-state index contributed by atoms with van der Waals surface area (Å²) in [6, 6.07) is 3.08. The Kier molecular flexibility index (Phi) is 3.59. The fourth-order valence-corrected chi connectivity index (χ4v) is 1.81. The Morgan fingerprint density at radius 2 is 2.12 bits per heavy atom. The maximum Gasteiger partial charge on any atom is 0.150 e. The van der Waals surface area contributed by atoms with Gasteiger partial charge in [0, 0.05) is 5.69 Å². The zero-order valence-corrected chi connectivity index (χ0v) is 11.2. The molecule has 0 radical (unpaired) electrons. The Morgan fingerprint density at radius 1 is 1.35 bits per heavy atom.